The Hall–Kier alpha value is -4.05. The molecule has 2 aromatic heterocycles. The highest BCUT2D eigenvalue weighted by atomic mass is 16.5. The first-order valence-corrected chi connectivity index (χ1v) is 8.16. The minimum Gasteiger partial charge on any atom is -0.464 e. The SMILES string of the molecule is COC(=O)c1c(N)c(C#N)cn1-c1ccc(-n2cnc3ccccc32)cc1. The van der Waals surface area contributed by atoms with Crippen LogP contribution in [-0.2, 0) is 4.74 Å². The van der Waals surface area contributed by atoms with Gasteiger partial charge in [0.05, 0.1) is 29.4 Å². The molecule has 2 heterocycles. The fourth-order valence-corrected chi connectivity index (χ4v) is 3.06. The zero-order chi connectivity index (χ0) is 19.0. The van der Waals surface area contributed by atoms with E-state index >= 15 is 0 Å². The van der Waals surface area contributed by atoms with Crippen LogP contribution < -0.4 is 5.73 Å². The van der Waals surface area contributed by atoms with E-state index in [9.17, 15) is 10.1 Å². The Morgan fingerprint density at radius 2 is 1.78 bits per heavy atom. The molecule has 0 aliphatic heterocycles. The van der Waals surface area contributed by atoms with Crippen molar-refractivity contribution in [2.75, 3.05) is 12.8 Å². The number of fused-ring (bicyclic) bond motifs is 1. The van der Waals surface area contributed by atoms with Gasteiger partial charge in [0, 0.05) is 17.6 Å². The zero-order valence-electron chi connectivity index (χ0n) is 14.5. The molecule has 7 nitrogen and oxygen atoms in total. The highest BCUT2D eigenvalue weighted by Crippen LogP contribution is 2.26. The van der Waals surface area contributed by atoms with Gasteiger partial charge in [0.2, 0.25) is 0 Å². The van der Waals surface area contributed by atoms with Crippen LogP contribution in [0, 0.1) is 11.3 Å². The van der Waals surface area contributed by atoms with E-state index in [-0.39, 0.29) is 16.9 Å². The van der Waals surface area contributed by atoms with E-state index in [2.05, 4.69) is 4.98 Å². The number of benzene rings is 2. The van der Waals surface area contributed by atoms with Gasteiger partial charge in [-0.05, 0) is 36.4 Å². The van der Waals surface area contributed by atoms with Gasteiger partial charge in [0.1, 0.15) is 12.4 Å². The van der Waals surface area contributed by atoms with Crippen molar-refractivity contribution in [3.63, 3.8) is 0 Å². The van der Waals surface area contributed by atoms with Crippen molar-refractivity contribution >= 4 is 22.7 Å². The minimum absolute atomic E-state index is 0.106. The number of aromatic nitrogens is 3. The van der Waals surface area contributed by atoms with Crippen LogP contribution in [0.5, 0.6) is 0 Å². The summed E-state index contributed by atoms with van der Waals surface area (Å²) in [6.45, 7) is 0. The lowest BCUT2D eigenvalue weighted by atomic mass is 10.2. The number of para-hydroxylation sites is 2. The molecule has 7 heteroatoms. The van der Waals surface area contributed by atoms with Crippen LogP contribution in [0.1, 0.15) is 16.1 Å². The van der Waals surface area contributed by atoms with Crippen LogP contribution in [0.4, 0.5) is 5.69 Å². The first-order chi connectivity index (χ1) is 13.1. The number of nitriles is 1. The molecule has 0 aliphatic rings. The van der Waals surface area contributed by atoms with E-state index in [4.69, 9.17) is 10.5 Å². The number of nitrogens with zero attached hydrogens (tertiary/aromatic N) is 4. The Morgan fingerprint density at radius 3 is 2.44 bits per heavy atom. The molecule has 0 unspecified atom stereocenters. The summed E-state index contributed by atoms with van der Waals surface area (Å²) in [6, 6.07) is 17.4. The van der Waals surface area contributed by atoms with Gasteiger partial charge < -0.3 is 15.0 Å². The van der Waals surface area contributed by atoms with Crippen molar-refractivity contribution < 1.29 is 9.53 Å². The number of nitrogen functional groups attached to an aromatic ring is 1. The second kappa shape index (κ2) is 6.35. The average Bonchev–Trinajstić information content (AvgIpc) is 3.28. The van der Waals surface area contributed by atoms with Gasteiger partial charge in [-0.3, -0.25) is 4.57 Å². The summed E-state index contributed by atoms with van der Waals surface area (Å²) in [5.41, 5.74) is 9.92. The van der Waals surface area contributed by atoms with Crippen molar-refractivity contribution in [1.82, 2.24) is 14.1 Å². The maximum atomic E-state index is 12.1. The maximum absolute atomic E-state index is 12.1. The van der Waals surface area contributed by atoms with E-state index < -0.39 is 5.97 Å². The van der Waals surface area contributed by atoms with Crippen molar-refractivity contribution in [2.24, 2.45) is 0 Å². The number of esters is 1. The number of carbonyl (C=O) groups is 1. The standard InChI is InChI=1S/C20H15N5O2/c1-27-20(26)19-18(22)13(10-21)11-24(19)14-6-8-15(9-7-14)25-12-23-16-4-2-3-5-17(16)25/h2-9,11-12H,22H2,1H3. The summed E-state index contributed by atoms with van der Waals surface area (Å²) in [6.07, 6.45) is 3.30. The third-order valence-corrected chi connectivity index (χ3v) is 4.40. The molecule has 0 spiro atoms. The largest absolute Gasteiger partial charge is 0.464 e. The number of hydrogen-bond donors (Lipinski definition) is 1. The van der Waals surface area contributed by atoms with Crippen molar-refractivity contribution in [2.45, 2.75) is 0 Å². The summed E-state index contributed by atoms with van der Waals surface area (Å²) in [7, 11) is 1.28. The lowest BCUT2D eigenvalue weighted by molar-refractivity contribution is 0.0593. The Bertz CT molecular complexity index is 1200. The van der Waals surface area contributed by atoms with Crippen molar-refractivity contribution in [1.29, 1.82) is 5.26 Å². The lowest BCUT2D eigenvalue weighted by Crippen LogP contribution is -2.11. The van der Waals surface area contributed by atoms with Crippen molar-refractivity contribution in [3.8, 4) is 17.4 Å². The molecule has 0 bridgehead atoms. The molecule has 2 N–H and O–H groups in total. The normalized spacial score (nSPS) is 10.7. The molecule has 0 saturated heterocycles. The predicted octanol–water partition coefficient (Wildman–Crippen LogP) is 3.06. The summed E-state index contributed by atoms with van der Waals surface area (Å²) in [5, 5.41) is 9.22. The maximum Gasteiger partial charge on any atom is 0.357 e. The average molecular weight is 357 g/mol. The first kappa shape index (κ1) is 16.4. The second-order valence-electron chi connectivity index (χ2n) is 5.90. The predicted molar refractivity (Wildman–Crippen MR) is 101 cm³/mol. The number of nitrogens with two attached hydrogens (primary N) is 1. The molecule has 27 heavy (non-hydrogen) atoms. The van der Waals surface area contributed by atoms with Crippen LogP contribution in [0.15, 0.2) is 61.1 Å². The van der Waals surface area contributed by atoms with Gasteiger partial charge in [-0.25, -0.2) is 9.78 Å². The number of imidazole rings is 1. The molecule has 0 aliphatic carbocycles. The summed E-state index contributed by atoms with van der Waals surface area (Å²) >= 11 is 0. The molecule has 0 radical (unpaired) electrons. The highest BCUT2D eigenvalue weighted by molar-refractivity contribution is 5.96. The van der Waals surface area contributed by atoms with Gasteiger partial charge in [0.15, 0.2) is 5.69 Å². The van der Waals surface area contributed by atoms with Crippen LogP contribution in [0.3, 0.4) is 0 Å². The molecular formula is C20H15N5O2. The molecule has 0 fully saturated rings. The molecular weight excluding hydrogens is 342 g/mol. The molecule has 0 saturated carbocycles. The molecule has 4 aromatic rings. The number of rotatable bonds is 3. The van der Waals surface area contributed by atoms with Gasteiger partial charge in [-0.1, -0.05) is 12.1 Å². The Morgan fingerprint density at radius 1 is 1.11 bits per heavy atom. The van der Waals surface area contributed by atoms with E-state index in [1.54, 1.807) is 10.9 Å². The number of carbonyl (C=O) groups excluding carboxylic acids is 1. The van der Waals surface area contributed by atoms with Gasteiger partial charge in [-0.15, -0.1) is 0 Å². The molecule has 2 aromatic carbocycles. The zero-order valence-corrected chi connectivity index (χ0v) is 14.5. The third kappa shape index (κ3) is 2.60. The van der Waals surface area contributed by atoms with Crippen LogP contribution in [-0.4, -0.2) is 27.2 Å². The fourth-order valence-electron chi connectivity index (χ4n) is 3.06. The highest BCUT2D eigenvalue weighted by Gasteiger charge is 2.21. The quantitative estimate of drug-likeness (QED) is 0.568. The van der Waals surface area contributed by atoms with E-state index in [0.717, 1.165) is 16.7 Å². The Kier molecular flexibility index (Phi) is 3.86. The molecule has 132 valence electrons. The van der Waals surface area contributed by atoms with Crippen molar-refractivity contribution in [3.05, 3.63) is 72.3 Å². The Labute approximate surface area is 154 Å². The monoisotopic (exact) mass is 357 g/mol. The third-order valence-electron chi connectivity index (χ3n) is 4.40. The number of methoxy groups -OCH3 is 1. The summed E-state index contributed by atoms with van der Waals surface area (Å²) in [5.74, 6) is -0.598. The number of ether oxygens (including phenoxy) is 1. The fraction of sp³-hybridized carbons (Fsp3) is 0.0500. The van der Waals surface area contributed by atoms with E-state index in [1.807, 2.05) is 59.2 Å². The van der Waals surface area contributed by atoms with Gasteiger partial charge in [-0.2, -0.15) is 5.26 Å². The van der Waals surface area contributed by atoms with E-state index in [0.29, 0.717) is 5.69 Å². The van der Waals surface area contributed by atoms with Crippen LogP contribution in [0.2, 0.25) is 0 Å². The summed E-state index contributed by atoms with van der Waals surface area (Å²) < 4.78 is 8.35. The summed E-state index contributed by atoms with van der Waals surface area (Å²) in [4.78, 5) is 16.5. The van der Waals surface area contributed by atoms with Crippen LogP contribution >= 0.6 is 0 Å². The molecule has 0 atom stereocenters. The Balaban J connectivity index is 1.80. The topological polar surface area (TPSA) is 98.9 Å². The first-order valence-electron chi connectivity index (χ1n) is 8.16. The van der Waals surface area contributed by atoms with Gasteiger partial charge >= 0.3 is 5.97 Å². The smallest absolute Gasteiger partial charge is 0.357 e. The van der Waals surface area contributed by atoms with Gasteiger partial charge in [0.25, 0.3) is 0 Å². The second-order valence-corrected chi connectivity index (χ2v) is 5.90. The van der Waals surface area contributed by atoms with E-state index in [1.165, 1.54) is 13.3 Å². The van der Waals surface area contributed by atoms with Crippen LogP contribution in [0.25, 0.3) is 22.4 Å². The molecule has 4 rings (SSSR count). The number of anilines is 1. The number of hydrogen-bond acceptors (Lipinski definition) is 5. The lowest BCUT2D eigenvalue weighted by Gasteiger charge is -2.10. The minimum atomic E-state index is -0.598. The molecule has 0 amide bonds.